The number of rotatable bonds is 4. The summed E-state index contributed by atoms with van der Waals surface area (Å²) in [6, 6.07) is 12.7. The molecule has 0 heterocycles. The molecule has 0 unspecified atom stereocenters. The van der Waals surface area contributed by atoms with Gasteiger partial charge in [0, 0.05) is 11.8 Å². The molecule has 0 aliphatic heterocycles. The van der Waals surface area contributed by atoms with Crippen molar-refractivity contribution in [1.29, 1.82) is 0 Å². The number of amides is 2. The van der Waals surface area contributed by atoms with Gasteiger partial charge in [-0.1, -0.05) is 39.0 Å². The number of nitrogens with one attached hydrogen (secondary N) is 2. The summed E-state index contributed by atoms with van der Waals surface area (Å²) in [6.45, 7) is 6.32. The number of urea groups is 1. The highest BCUT2D eigenvalue weighted by Gasteiger charge is 2.19. The van der Waals surface area contributed by atoms with Crippen LogP contribution in [0.4, 0.5) is 16.2 Å². The molecule has 2 N–H and O–H groups in total. The molecule has 0 bridgehead atoms. The molecule has 5 nitrogen and oxygen atoms in total. The standard InChI is InChI=1S/C19H24N2O3/c1-19(2,3)14-8-6-7-9-15(14)20-18(22)21-16-12-13(23-4)10-11-17(16)24-5/h6-12H,1-5H3,(H2,20,21,22). The van der Waals surface area contributed by atoms with E-state index in [1.165, 1.54) is 0 Å². The molecule has 0 aliphatic rings. The average molecular weight is 328 g/mol. The number of hydrogen-bond acceptors (Lipinski definition) is 3. The first kappa shape index (κ1) is 17.7. The lowest BCUT2D eigenvalue weighted by Crippen LogP contribution is -2.23. The molecule has 24 heavy (non-hydrogen) atoms. The largest absolute Gasteiger partial charge is 0.497 e. The quantitative estimate of drug-likeness (QED) is 0.859. The Morgan fingerprint density at radius 1 is 0.917 bits per heavy atom. The van der Waals surface area contributed by atoms with Crippen LogP contribution in [0.5, 0.6) is 11.5 Å². The van der Waals surface area contributed by atoms with E-state index in [0.717, 1.165) is 11.3 Å². The van der Waals surface area contributed by atoms with Crippen molar-refractivity contribution in [1.82, 2.24) is 0 Å². The van der Waals surface area contributed by atoms with Gasteiger partial charge in [-0.2, -0.15) is 0 Å². The Morgan fingerprint density at radius 3 is 2.21 bits per heavy atom. The van der Waals surface area contributed by atoms with Gasteiger partial charge in [-0.15, -0.1) is 0 Å². The van der Waals surface area contributed by atoms with Crippen LogP contribution in [-0.2, 0) is 5.41 Å². The van der Waals surface area contributed by atoms with E-state index in [2.05, 4.69) is 31.4 Å². The SMILES string of the molecule is COc1ccc(OC)c(NC(=O)Nc2ccccc2C(C)(C)C)c1. The van der Waals surface area contributed by atoms with Crippen molar-refractivity contribution in [2.45, 2.75) is 26.2 Å². The maximum absolute atomic E-state index is 12.4. The van der Waals surface area contributed by atoms with Crippen molar-refractivity contribution in [2.75, 3.05) is 24.9 Å². The van der Waals surface area contributed by atoms with E-state index in [9.17, 15) is 4.79 Å². The number of anilines is 2. The fraction of sp³-hybridized carbons (Fsp3) is 0.316. The lowest BCUT2D eigenvalue weighted by atomic mass is 9.86. The second kappa shape index (κ2) is 7.25. The van der Waals surface area contributed by atoms with E-state index in [4.69, 9.17) is 9.47 Å². The van der Waals surface area contributed by atoms with Gasteiger partial charge in [0.1, 0.15) is 11.5 Å². The Morgan fingerprint density at radius 2 is 1.58 bits per heavy atom. The predicted octanol–water partition coefficient (Wildman–Crippen LogP) is 4.65. The third kappa shape index (κ3) is 4.19. The number of methoxy groups -OCH3 is 2. The third-order valence-electron chi connectivity index (χ3n) is 3.64. The van der Waals surface area contributed by atoms with E-state index in [1.807, 2.05) is 24.3 Å². The molecule has 2 aromatic carbocycles. The molecular formula is C19H24N2O3. The molecule has 0 fully saturated rings. The molecule has 0 saturated carbocycles. The van der Waals surface area contributed by atoms with Gasteiger partial charge in [-0.25, -0.2) is 4.79 Å². The molecule has 128 valence electrons. The molecule has 0 radical (unpaired) electrons. The van der Waals surface area contributed by atoms with Crippen LogP contribution in [0.3, 0.4) is 0 Å². The van der Waals surface area contributed by atoms with Gasteiger partial charge in [0.05, 0.1) is 19.9 Å². The first-order valence-electron chi connectivity index (χ1n) is 7.74. The summed E-state index contributed by atoms with van der Waals surface area (Å²) in [4.78, 5) is 12.4. The second-order valence-corrected chi connectivity index (χ2v) is 6.44. The first-order chi connectivity index (χ1) is 11.3. The summed E-state index contributed by atoms with van der Waals surface area (Å²) in [5.74, 6) is 1.20. The minimum Gasteiger partial charge on any atom is -0.497 e. The fourth-order valence-corrected chi connectivity index (χ4v) is 2.43. The van der Waals surface area contributed by atoms with Crippen LogP contribution in [0.2, 0.25) is 0 Å². The summed E-state index contributed by atoms with van der Waals surface area (Å²) < 4.78 is 10.5. The monoisotopic (exact) mass is 328 g/mol. The summed E-state index contributed by atoms with van der Waals surface area (Å²) in [5, 5.41) is 5.72. The van der Waals surface area contributed by atoms with E-state index in [0.29, 0.717) is 17.2 Å². The molecule has 0 saturated heterocycles. The topological polar surface area (TPSA) is 59.6 Å². The van der Waals surface area contributed by atoms with Crippen molar-refractivity contribution in [3.8, 4) is 11.5 Å². The smallest absolute Gasteiger partial charge is 0.323 e. The molecule has 0 aliphatic carbocycles. The maximum atomic E-state index is 12.4. The minimum atomic E-state index is -0.335. The average Bonchev–Trinajstić information content (AvgIpc) is 2.54. The number of carbonyl (C=O) groups is 1. The van der Waals surface area contributed by atoms with Crippen molar-refractivity contribution >= 4 is 17.4 Å². The number of hydrogen-bond donors (Lipinski definition) is 2. The predicted molar refractivity (Wildman–Crippen MR) is 97.3 cm³/mol. The molecule has 2 aromatic rings. The van der Waals surface area contributed by atoms with Crippen LogP contribution in [0.25, 0.3) is 0 Å². The van der Waals surface area contributed by atoms with E-state index in [1.54, 1.807) is 32.4 Å². The van der Waals surface area contributed by atoms with Crippen molar-refractivity contribution in [3.05, 3.63) is 48.0 Å². The Balaban J connectivity index is 2.21. The van der Waals surface area contributed by atoms with E-state index < -0.39 is 0 Å². The van der Waals surface area contributed by atoms with E-state index >= 15 is 0 Å². The first-order valence-corrected chi connectivity index (χ1v) is 7.74. The van der Waals surface area contributed by atoms with Gasteiger partial charge in [-0.05, 0) is 29.2 Å². The zero-order chi connectivity index (χ0) is 17.7. The number of ether oxygens (including phenoxy) is 2. The van der Waals surface area contributed by atoms with Crippen molar-refractivity contribution < 1.29 is 14.3 Å². The molecule has 2 rings (SSSR count). The summed E-state index contributed by atoms with van der Waals surface area (Å²) in [5.41, 5.74) is 2.32. The Labute approximate surface area is 143 Å². The summed E-state index contributed by atoms with van der Waals surface area (Å²) in [6.07, 6.45) is 0. The molecule has 2 amide bonds. The zero-order valence-corrected chi connectivity index (χ0v) is 14.8. The van der Waals surface area contributed by atoms with Crippen LogP contribution in [0, 0.1) is 0 Å². The number of carbonyl (C=O) groups excluding carboxylic acids is 1. The van der Waals surface area contributed by atoms with Crippen LogP contribution in [0.1, 0.15) is 26.3 Å². The molecule has 0 aromatic heterocycles. The summed E-state index contributed by atoms with van der Waals surface area (Å²) in [7, 11) is 3.13. The van der Waals surface area contributed by atoms with Gasteiger partial charge in [-0.3, -0.25) is 0 Å². The van der Waals surface area contributed by atoms with Crippen molar-refractivity contribution in [2.24, 2.45) is 0 Å². The van der Waals surface area contributed by atoms with Gasteiger partial charge in [0.25, 0.3) is 0 Å². The Bertz CT molecular complexity index is 721. The van der Waals surface area contributed by atoms with Gasteiger partial charge in [0.15, 0.2) is 0 Å². The highest BCUT2D eigenvalue weighted by atomic mass is 16.5. The van der Waals surface area contributed by atoms with Gasteiger partial charge in [0.2, 0.25) is 0 Å². The Kier molecular flexibility index (Phi) is 5.34. The normalized spacial score (nSPS) is 10.9. The van der Waals surface area contributed by atoms with Gasteiger partial charge >= 0.3 is 6.03 Å². The number of para-hydroxylation sites is 1. The molecule has 5 heteroatoms. The lowest BCUT2D eigenvalue weighted by Gasteiger charge is -2.23. The fourth-order valence-electron chi connectivity index (χ4n) is 2.43. The highest BCUT2D eigenvalue weighted by Crippen LogP contribution is 2.31. The lowest BCUT2D eigenvalue weighted by molar-refractivity contribution is 0.262. The summed E-state index contributed by atoms with van der Waals surface area (Å²) >= 11 is 0. The molecular weight excluding hydrogens is 304 g/mol. The van der Waals surface area contributed by atoms with Gasteiger partial charge < -0.3 is 20.1 Å². The maximum Gasteiger partial charge on any atom is 0.323 e. The van der Waals surface area contributed by atoms with E-state index in [-0.39, 0.29) is 11.4 Å². The number of benzene rings is 2. The van der Waals surface area contributed by atoms with Crippen LogP contribution in [0.15, 0.2) is 42.5 Å². The minimum absolute atomic E-state index is 0.0719. The van der Waals surface area contributed by atoms with Crippen molar-refractivity contribution in [3.63, 3.8) is 0 Å². The second-order valence-electron chi connectivity index (χ2n) is 6.44. The van der Waals surface area contributed by atoms with Crippen LogP contribution >= 0.6 is 0 Å². The third-order valence-corrected chi connectivity index (χ3v) is 3.64. The highest BCUT2D eigenvalue weighted by molar-refractivity contribution is 6.01. The molecule has 0 atom stereocenters. The van der Waals surface area contributed by atoms with Crippen LogP contribution in [-0.4, -0.2) is 20.3 Å². The zero-order valence-electron chi connectivity index (χ0n) is 14.8. The molecule has 0 spiro atoms. The van der Waals surface area contributed by atoms with Crippen LogP contribution < -0.4 is 20.1 Å². The Hall–Kier alpha value is -2.69.